The highest BCUT2D eigenvalue weighted by Gasteiger charge is 2.21. The van der Waals surface area contributed by atoms with E-state index in [1.807, 2.05) is 24.3 Å². The number of methoxy groups -OCH3 is 1. The summed E-state index contributed by atoms with van der Waals surface area (Å²) in [5, 5.41) is 6.14. The van der Waals surface area contributed by atoms with Gasteiger partial charge in [0.15, 0.2) is 5.96 Å². The van der Waals surface area contributed by atoms with Crippen LogP contribution in [0.4, 0.5) is 0 Å². The van der Waals surface area contributed by atoms with Crippen LogP contribution in [0.1, 0.15) is 24.0 Å². The average molecular weight is 536 g/mol. The number of benzene rings is 2. The molecule has 1 fully saturated rings. The van der Waals surface area contributed by atoms with E-state index in [-0.39, 0.29) is 36.4 Å². The molecule has 7 heteroatoms. The van der Waals surface area contributed by atoms with Crippen molar-refractivity contribution in [1.29, 1.82) is 0 Å². The molecule has 6 nitrogen and oxygen atoms in total. The lowest BCUT2D eigenvalue weighted by atomic mass is 9.90. The van der Waals surface area contributed by atoms with Gasteiger partial charge in [-0.15, -0.1) is 24.0 Å². The SMILES string of the molecule is CN=C(NCC(=O)NCc1ccc(OC)cc1)N1CCC(Cc2ccccc2)CC1.I. The Labute approximate surface area is 202 Å². The first kappa shape index (κ1) is 25.0. The second kappa shape index (κ2) is 13.2. The Bertz CT molecular complexity index is 819. The molecule has 1 saturated heterocycles. The summed E-state index contributed by atoms with van der Waals surface area (Å²) < 4.78 is 5.15. The summed E-state index contributed by atoms with van der Waals surface area (Å²) in [5.41, 5.74) is 2.45. The Morgan fingerprint density at radius 1 is 1.03 bits per heavy atom. The number of aliphatic imine (C=N–C) groups is 1. The Hall–Kier alpha value is -2.29. The van der Waals surface area contributed by atoms with E-state index in [0.29, 0.717) is 12.5 Å². The Balaban J connectivity index is 0.00000341. The molecule has 0 saturated carbocycles. The molecule has 0 unspecified atom stereocenters. The molecule has 31 heavy (non-hydrogen) atoms. The zero-order valence-electron chi connectivity index (χ0n) is 18.3. The summed E-state index contributed by atoms with van der Waals surface area (Å²) in [6, 6.07) is 18.4. The summed E-state index contributed by atoms with van der Waals surface area (Å²) in [7, 11) is 3.41. The fourth-order valence-corrected chi connectivity index (χ4v) is 3.79. The molecule has 2 aromatic carbocycles. The summed E-state index contributed by atoms with van der Waals surface area (Å²) >= 11 is 0. The standard InChI is InChI=1S/C24H32N4O2.HI/c1-25-24(27-18-23(29)26-17-21-8-10-22(30-2)11-9-21)28-14-12-20(13-15-28)16-19-6-4-3-5-7-19;/h3-11,20H,12-18H2,1-2H3,(H,25,27)(H,26,29);1H. The van der Waals surface area contributed by atoms with E-state index < -0.39 is 0 Å². The lowest BCUT2D eigenvalue weighted by molar-refractivity contribution is -0.120. The third kappa shape index (κ3) is 8.05. The van der Waals surface area contributed by atoms with Crippen molar-refractivity contribution in [1.82, 2.24) is 15.5 Å². The third-order valence-corrected chi connectivity index (χ3v) is 5.55. The number of halogens is 1. The fraction of sp³-hybridized carbons (Fsp3) is 0.417. The van der Waals surface area contributed by atoms with Gasteiger partial charge in [0.05, 0.1) is 13.7 Å². The normalized spacial score (nSPS) is 14.5. The number of amides is 1. The van der Waals surface area contributed by atoms with Gasteiger partial charge >= 0.3 is 0 Å². The van der Waals surface area contributed by atoms with Gasteiger partial charge < -0.3 is 20.3 Å². The van der Waals surface area contributed by atoms with E-state index >= 15 is 0 Å². The van der Waals surface area contributed by atoms with Crippen molar-refractivity contribution < 1.29 is 9.53 Å². The van der Waals surface area contributed by atoms with E-state index in [9.17, 15) is 4.79 Å². The van der Waals surface area contributed by atoms with Crippen LogP contribution in [0.25, 0.3) is 0 Å². The Kier molecular flexibility index (Phi) is 10.6. The molecular formula is C24H33IN4O2. The molecule has 0 bridgehead atoms. The van der Waals surface area contributed by atoms with Gasteiger partial charge in [0.25, 0.3) is 0 Å². The second-order valence-electron chi connectivity index (χ2n) is 7.65. The number of rotatable bonds is 7. The number of nitrogens with one attached hydrogen (secondary N) is 2. The van der Waals surface area contributed by atoms with Crippen LogP contribution >= 0.6 is 24.0 Å². The highest BCUT2D eigenvalue weighted by atomic mass is 127. The Morgan fingerprint density at radius 2 is 1.71 bits per heavy atom. The zero-order chi connectivity index (χ0) is 21.2. The van der Waals surface area contributed by atoms with Crippen LogP contribution < -0.4 is 15.4 Å². The van der Waals surface area contributed by atoms with Crippen LogP contribution in [0, 0.1) is 5.92 Å². The molecule has 2 N–H and O–H groups in total. The largest absolute Gasteiger partial charge is 0.497 e. The minimum Gasteiger partial charge on any atom is -0.497 e. The summed E-state index contributed by atoms with van der Waals surface area (Å²) in [4.78, 5) is 18.8. The molecule has 0 radical (unpaired) electrons. The van der Waals surface area contributed by atoms with Gasteiger partial charge in [0.1, 0.15) is 5.75 Å². The van der Waals surface area contributed by atoms with Gasteiger partial charge in [0, 0.05) is 26.7 Å². The predicted octanol–water partition coefficient (Wildman–Crippen LogP) is 3.46. The highest BCUT2D eigenvalue weighted by molar-refractivity contribution is 14.0. The van der Waals surface area contributed by atoms with Gasteiger partial charge in [0.2, 0.25) is 5.91 Å². The molecule has 168 valence electrons. The number of likely N-dealkylation sites (tertiary alicyclic amines) is 1. The highest BCUT2D eigenvalue weighted by Crippen LogP contribution is 2.21. The molecule has 0 atom stereocenters. The molecule has 0 aromatic heterocycles. The number of carbonyl (C=O) groups is 1. The number of carbonyl (C=O) groups excluding carboxylic acids is 1. The van der Waals surface area contributed by atoms with Crippen LogP contribution in [-0.4, -0.2) is 50.6 Å². The van der Waals surface area contributed by atoms with Crippen LogP contribution in [0.3, 0.4) is 0 Å². The minimum atomic E-state index is -0.0501. The smallest absolute Gasteiger partial charge is 0.239 e. The van der Waals surface area contributed by atoms with Gasteiger partial charge in [-0.1, -0.05) is 42.5 Å². The first-order valence-corrected chi connectivity index (χ1v) is 10.6. The van der Waals surface area contributed by atoms with Crippen molar-refractivity contribution in [3.05, 3.63) is 65.7 Å². The van der Waals surface area contributed by atoms with E-state index in [4.69, 9.17) is 4.74 Å². The lowest BCUT2D eigenvalue weighted by Crippen LogP contribution is -2.48. The first-order chi connectivity index (χ1) is 14.7. The molecule has 0 aliphatic carbocycles. The van der Waals surface area contributed by atoms with Crippen molar-refractivity contribution in [2.45, 2.75) is 25.8 Å². The van der Waals surface area contributed by atoms with Crippen molar-refractivity contribution in [3.63, 3.8) is 0 Å². The van der Waals surface area contributed by atoms with Gasteiger partial charge in [-0.3, -0.25) is 9.79 Å². The zero-order valence-corrected chi connectivity index (χ0v) is 20.7. The van der Waals surface area contributed by atoms with Crippen LogP contribution in [-0.2, 0) is 17.8 Å². The average Bonchev–Trinajstić information content (AvgIpc) is 2.80. The maximum absolute atomic E-state index is 12.2. The van der Waals surface area contributed by atoms with Crippen molar-refractivity contribution in [2.24, 2.45) is 10.9 Å². The molecule has 1 aliphatic heterocycles. The molecule has 1 amide bonds. The third-order valence-electron chi connectivity index (χ3n) is 5.55. The van der Waals surface area contributed by atoms with E-state index in [2.05, 4.69) is 50.9 Å². The fourth-order valence-electron chi connectivity index (χ4n) is 3.79. The van der Waals surface area contributed by atoms with Crippen LogP contribution in [0.2, 0.25) is 0 Å². The van der Waals surface area contributed by atoms with Crippen LogP contribution in [0.5, 0.6) is 5.75 Å². The molecule has 2 aromatic rings. The van der Waals surface area contributed by atoms with Gasteiger partial charge in [-0.2, -0.15) is 0 Å². The first-order valence-electron chi connectivity index (χ1n) is 10.6. The molecule has 1 heterocycles. The predicted molar refractivity (Wildman–Crippen MR) is 136 cm³/mol. The maximum atomic E-state index is 12.2. The molecular weight excluding hydrogens is 503 g/mol. The monoisotopic (exact) mass is 536 g/mol. The summed E-state index contributed by atoms with van der Waals surface area (Å²) in [5.74, 6) is 2.26. The van der Waals surface area contributed by atoms with E-state index in [1.165, 1.54) is 5.56 Å². The van der Waals surface area contributed by atoms with Crippen molar-refractivity contribution in [2.75, 3.05) is 33.8 Å². The minimum absolute atomic E-state index is 0. The Morgan fingerprint density at radius 3 is 2.32 bits per heavy atom. The van der Waals surface area contributed by atoms with Crippen LogP contribution in [0.15, 0.2) is 59.6 Å². The van der Waals surface area contributed by atoms with E-state index in [1.54, 1.807) is 14.2 Å². The molecule has 1 aliphatic rings. The number of hydrogen-bond acceptors (Lipinski definition) is 3. The summed E-state index contributed by atoms with van der Waals surface area (Å²) in [6.45, 7) is 2.63. The topological polar surface area (TPSA) is 66.0 Å². The number of piperidine rings is 1. The number of hydrogen-bond donors (Lipinski definition) is 2. The second-order valence-corrected chi connectivity index (χ2v) is 7.65. The number of nitrogens with zero attached hydrogens (tertiary/aromatic N) is 2. The van der Waals surface area contributed by atoms with Crippen molar-refractivity contribution >= 4 is 35.8 Å². The maximum Gasteiger partial charge on any atom is 0.239 e. The van der Waals surface area contributed by atoms with Gasteiger partial charge in [-0.25, -0.2) is 0 Å². The summed E-state index contributed by atoms with van der Waals surface area (Å²) in [6.07, 6.45) is 3.41. The van der Waals surface area contributed by atoms with Crippen molar-refractivity contribution in [3.8, 4) is 5.75 Å². The van der Waals surface area contributed by atoms with E-state index in [0.717, 1.165) is 49.6 Å². The van der Waals surface area contributed by atoms with Gasteiger partial charge in [-0.05, 0) is 48.4 Å². The lowest BCUT2D eigenvalue weighted by Gasteiger charge is -2.34. The molecule has 3 rings (SSSR count). The number of ether oxygens (including phenoxy) is 1. The number of guanidine groups is 1. The molecule has 0 spiro atoms. The quantitative estimate of drug-likeness (QED) is 0.323.